The minimum absolute atomic E-state index is 0.0738. The summed E-state index contributed by atoms with van der Waals surface area (Å²) in [6.07, 6.45) is 0.991. The van der Waals surface area contributed by atoms with Crippen molar-refractivity contribution in [1.29, 1.82) is 0 Å². The third-order valence-electron chi connectivity index (χ3n) is 3.29. The average molecular weight is 247 g/mol. The largest absolute Gasteiger partial charge is 0.351 e. The number of hydrogen-bond donors (Lipinski definition) is 2. The molecular formula is C14H21N3O. The third kappa shape index (κ3) is 3.82. The standard InChI is InChI=1S/C14H21N3O/c1-11-2-4-12(5-3-11)8-16-14(18)10-17-7-6-13(15)9-17/h2-5,13H,6-10,15H2,1H3,(H,16,18)/t13-/m1/s1. The number of rotatable bonds is 4. The van der Waals surface area contributed by atoms with Gasteiger partial charge in [0.15, 0.2) is 0 Å². The predicted molar refractivity (Wildman–Crippen MR) is 72.1 cm³/mol. The van der Waals surface area contributed by atoms with Crippen molar-refractivity contribution in [3.05, 3.63) is 35.4 Å². The first-order chi connectivity index (χ1) is 8.63. The molecule has 0 spiro atoms. The van der Waals surface area contributed by atoms with E-state index in [2.05, 4.69) is 29.3 Å². The Bertz CT molecular complexity index is 402. The summed E-state index contributed by atoms with van der Waals surface area (Å²) >= 11 is 0. The molecule has 4 nitrogen and oxygen atoms in total. The summed E-state index contributed by atoms with van der Waals surface area (Å²) in [7, 11) is 0. The number of hydrogen-bond acceptors (Lipinski definition) is 3. The minimum Gasteiger partial charge on any atom is -0.351 e. The van der Waals surface area contributed by atoms with E-state index >= 15 is 0 Å². The Morgan fingerprint density at radius 3 is 2.78 bits per heavy atom. The number of aryl methyl sites for hydroxylation is 1. The van der Waals surface area contributed by atoms with Crippen LogP contribution in [0.3, 0.4) is 0 Å². The van der Waals surface area contributed by atoms with Gasteiger partial charge < -0.3 is 11.1 Å². The molecule has 2 rings (SSSR count). The fraction of sp³-hybridized carbons (Fsp3) is 0.500. The van der Waals surface area contributed by atoms with Crippen LogP contribution in [-0.4, -0.2) is 36.5 Å². The molecule has 0 radical (unpaired) electrons. The molecule has 1 saturated heterocycles. The smallest absolute Gasteiger partial charge is 0.234 e. The van der Waals surface area contributed by atoms with Crippen LogP contribution in [0, 0.1) is 6.92 Å². The molecule has 18 heavy (non-hydrogen) atoms. The van der Waals surface area contributed by atoms with Crippen molar-refractivity contribution in [2.24, 2.45) is 5.73 Å². The fourth-order valence-corrected chi connectivity index (χ4v) is 2.17. The highest BCUT2D eigenvalue weighted by molar-refractivity contribution is 5.78. The molecule has 1 heterocycles. The first-order valence-corrected chi connectivity index (χ1v) is 6.43. The summed E-state index contributed by atoms with van der Waals surface area (Å²) < 4.78 is 0. The maximum absolute atomic E-state index is 11.8. The van der Waals surface area contributed by atoms with Crippen LogP contribution in [0.1, 0.15) is 17.5 Å². The lowest BCUT2D eigenvalue weighted by atomic mass is 10.1. The number of amides is 1. The van der Waals surface area contributed by atoms with E-state index in [9.17, 15) is 4.79 Å². The maximum Gasteiger partial charge on any atom is 0.234 e. The Balaban J connectivity index is 1.73. The van der Waals surface area contributed by atoms with Crippen LogP contribution in [0.15, 0.2) is 24.3 Å². The van der Waals surface area contributed by atoms with Gasteiger partial charge in [-0.25, -0.2) is 0 Å². The molecule has 1 aromatic rings. The van der Waals surface area contributed by atoms with E-state index in [1.165, 1.54) is 5.56 Å². The van der Waals surface area contributed by atoms with Gasteiger partial charge in [-0.2, -0.15) is 0 Å². The van der Waals surface area contributed by atoms with Crippen LogP contribution in [0.5, 0.6) is 0 Å². The van der Waals surface area contributed by atoms with E-state index < -0.39 is 0 Å². The van der Waals surface area contributed by atoms with E-state index in [4.69, 9.17) is 5.73 Å². The number of carbonyl (C=O) groups is 1. The van der Waals surface area contributed by atoms with Crippen molar-refractivity contribution >= 4 is 5.91 Å². The van der Waals surface area contributed by atoms with E-state index in [1.807, 2.05) is 12.1 Å². The van der Waals surface area contributed by atoms with Gasteiger partial charge >= 0.3 is 0 Å². The van der Waals surface area contributed by atoms with Crippen LogP contribution in [0.4, 0.5) is 0 Å². The van der Waals surface area contributed by atoms with E-state index in [0.29, 0.717) is 13.1 Å². The molecule has 0 aliphatic carbocycles. The second kappa shape index (κ2) is 5.98. The molecule has 98 valence electrons. The highest BCUT2D eigenvalue weighted by Gasteiger charge is 2.20. The highest BCUT2D eigenvalue weighted by atomic mass is 16.2. The SMILES string of the molecule is Cc1ccc(CNC(=O)CN2CC[C@@H](N)C2)cc1. The summed E-state index contributed by atoms with van der Waals surface area (Å²) in [5.74, 6) is 0.0738. The van der Waals surface area contributed by atoms with Gasteiger partial charge in [0.1, 0.15) is 0 Å². The van der Waals surface area contributed by atoms with Crippen molar-refractivity contribution in [2.75, 3.05) is 19.6 Å². The Hall–Kier alpha value is -1.39. The molecule has 1 amide bonds. The number of benzene rings is 1. The molecule has 0 aromatic heterocycles. The van der Waals surface area contributed by atoms with Gasteiger partial charge in [0.05, 0.1) is 6.54 Å². The average Bonchev–Trinajstić information content (AvgIpc) is 2.74. The number of nitrogens with one attached hydrogen (secondary N) is 1. The summed E-state index contributed by atoms with van der Waals surface area (Å²) in [5, 5.41) is 2.94. The zero-order valence-corrected chi connectivity index (χ0v) is 10.9. The summed E-state index contributed by atoms with van der Waals surface area (Å²) in [6, 6.07) is 8.43. The van der Waals surface area contributed by atoms with Crippen molar-refractivity contribution in [2.45, 2.75) is 25.9 Å². The van der Waals surface area contributed by atoms with Crippen molar-refractivity contribution < 1.29 is 4.79 Å². The maximum atomic E-state index is 11.8. The van der Waals surface area contributed by atoms with Gasteiger partial charge in [-0.3, -0.25) is 9.69 Å². The molecule has 1 aromatic carbocycles. The van der Waals surface area contributed by atoms with Gasteiger partial charge in [0.2, 0.25) is 5.91 Å². The fourth-order valence-electron chi connectivity index (χ4n) is 2.17. The van der Waals surface area contributed by atoms with Gasteiger partial charge in [-0.05, 0) is 18.9 Å². The van der Waals surface area contributed by atoms with Gasteiger partial charge in [-0.15, -0.1) is 0 Å². The van der Waals surface area contributed by atoms with Crippen LogP contribution in [0.25, 0.3) is 0 Å². The van der Waals surface area contributed by atoms with Crippen molar-refractivity contribution in [1.82, 2.24) is 10.2 Å². The zero-order chi connectivity index (χ0) is 13.0. The molecule has 1 aliphatic rings. The van der Waals surface area contributed by atoms with E-state index in [1.54, 1.807) is 0 Å². The first kappa shape index (κ1) is 13.1. The van der Waals surface area contributed by atoms with Crippen LogP contribution in [-0.2, 0) is 11.3 Å². The molecule has 4 heteroatoms. The molecule has 0 unspecified atom stereocenters. The summed E-state index contributed by atoms with van der Waals surface area (Å²) in [4.78, 5) is 13.9. The van der Waals surface area contributed by atoms with Crippen LogP contribution in [0.2, 0.25) is 0 Å². The first-order valence-electron chi connectivity index (χ1n) is 6.43. The van der Waals surface area contributed by atoms with Gasteiger partial charge in [-0.1, -0.05) is 29.8 Å². The molecular weight excluding hydrogens is 226 g/mol. The van der Waals surface area contributed by atoms with Crippen molar-refractivity contribution in [3.63, 3.8) is 0 Å². The lowest BCUT2D eigenvalue weighted by Gasteiger charge is -2.14. The summed E-state index contributed by atoms with van der Waals surface area (Å²) in [5.41, 5.74) is 8.17. The summed E-state index contributed by atoms with van der Waals surface area (Å²) in [6.45, 7) is 4.87. The quantitative estimate of drug-likeness (QED) is 0.821. The lowest BCUT2D eigenvalue weighted by Crippen LogP contribution is -2.37. The Morgan fingerprint density at radius 1 is 1.44 bits per heavy atom. The van der Waals surface area contributed by atoms with E-state index in [0.717, 1.165) is 25.1 Å². The second-order valence-corrected chi connectivity index (χ2v) is 5.05. The topological polar surface area (TPSA) is 58.4 Å². The Morgan fingerprint density at radius 2 is 2.17 bits per heavy atom. The molecule has 3 N–H and O–H groups in total. The minimum atomic E-state index is 0.0738. The second-order valence-electron chi connectivity index (χ2n) is 5.05. The molecule has 0 bridgehead atoms. The van der Waals surface area contributed by atoms with Gasteiger partial charge in [0.25, 0.3) is 0 Å². The predicted octanol–water partition coefficient (Wildman–Crippen LogP) is 0.644. The zero-order valence-electron chi connectivity index (χ0n) is 10.9. The third-order valence-corrected chi connectivity index (χ3v) is 3.29. The Kier molecular flexibility index (Phi) is 4.33. The number of carbonyl (C=O) groups excluding carboxylic acids is 1. The highest BCUT2D eigenvalue weighted by Crippen LogP contribution is 2.06. The lowest BCUT2D eigenvalue weighted by molar-refractivity contribution is -0.122. The normalized spacial score (nSPS) is 20.0. The monoisotopic (exact) mass is 247 g/mol. The molecule has 1 fully saturated rings. The van der Waals surface area contributed by atoms with Gasteiger partial charge in [0, 0.05) is 25.7 Å². The molecule has 1 atom stereocenters. The van der Waals surface area contributed by atoms with E-state index in [-0.39, 0.29) is 11.9 Å². The Labute approximate surface area is 108 Å². The van der Waals surface area contributed by atoms with Crippen molar-refractivity contribution in [3.8, 4) is 0 Å². The number of nitrogens with zero attached hydrogens (tertiary/aromatic N) is 1. The number of likely N-dealkylation sites (tertiary alicyclic amines) is 1. The molecule has 0 saturated carbocycles. The van der Waals surface area contributed by atoms with Crippen LogP contribution >= 0.6 is 0 Å². The molecule has 1 aliphatic heterocycles. The number of nitrogens with two attached hydrogens (primary N) is 1. The van der Waals surface area contributed by atoms with Crippen LogP contribution < -0.4 is 11.1 Å².